The van der Waals surface area contributed by atoms with Crippen LogP contribution in [0.4, 0.5) is 0 Å². The number of likely N-dealkylation sites (N-methyl/N-ethyl adjacent to an activating group) is 1. The van der Waals surface area contributed by atoms with Gasteiger partial charge in [0.25, 0.3) is 0 Å². The van der Waals surface area contributed by atoms with Gasteiger partial charge in [0.05, 0.1) is 31.5 Å². The van der Waals surface area contributed by atoms with Gasteiger partial charge in [-0.3, -0.25) is 4.90 Å². The zero-order chi connectivity index (χ0) is 9.90. The van der Waals surface area contributed by atoms with E-state index in [9.17, 15) is 0 Å². The summed E-state index contributed by atoms with van der Waals surface area (Å²) in [7, 11) is 2.12. The van der Waals surface area contributed by atoms with E-state index in [1.54, 1.807) is 0 Å². The summed E-state index contributed by atoms with van der Waals surface area (Å²) < 4.78 is 11.1. The lowest BCUT2D eigenvalue weighted by molar-refractivity contribution is -0.0729. The van der Waals surface area contributed by atoms with Gasteiger partial charge in [-0.25, -0.2) is 0 Å². The molecule has 1 saturated heterocycles. The monoisotopic (exact) mass is 187 g/mol. The Morgan fingerprint density at radius 3 is 2.69 bits per heavy atom. The summed E-state index contributed by atoms with van der Waals surface area (Å²) in [5, 5.41) is 0. The normalized spacial score (nSPS) is 26.3. The molecule has 1 heterocycles. The molecule has 0 radical (unpaired) electrons. The second-order valence-corrected chi connectivity index (χ2v) is 4.63. The van der Waals surface area contributed by atoms with Gasteiger partial charge in [0.1, 0.15) is 0 Å². The molecule has 0 unspecified atom stereocenters. The van der Waals surface area contributed by atoms with Gasteiger partial charge in [0, 0.05) is 6.54 Å². The van der Waals surface area contributed by atoms with Gasteiger partial charge in [-0.05, 0) is 27.8 Å². The second-order valence-electron chi connectivity index (χ2n) is 4.63. The molecule has 78 valence electrons. The average Bonchev–Trinajstić information content (AvgIpc) is 2.01. The Morgan fingerprint density at radius 2 is 2.15 bits per heavy atom. The zero-order valence-corrected chi connectivity index (χ0v) is 9.17. The Labute approximate surface area is 81.0 Å². The van der Waals surface area contributed by atoms with E-state index in [4.69, 9.17) is 9.47 Å². The third-order valence-corrected chi connectivity index (χ3v) is 2.23. The quantitative estimate of drug-likeness (QED) is 0.647. The van der Waals surface area contributed by atoms with E-state index in [-0.39, 0.29) is 5.60 Å². The zero-order valence-electron chi connectivity index (χ0n) is 9.17. The third-order valence-electron chi connectivity index (χ3n) is 2.23. The van der Waals surface area contributed by atoms with Crippen molar-refractivity contribution in [3.8, 4) is 0 Å². The molecule has 0 aromatic rings. The van der Waals surface area contributed by atoms with Crippen molar-refractivity contribution < 1.29 is 9.47 Å². The maximum absolute atomic E-state index is 5.72. The summed E-state index contributed by atoms with van der Waals surface area (Å²) >= 11 is 0. The fourth-order valence-corrected chi connectivity index (χ4v) is 1.26. The van der Waals surface area contributed by atoms with Gasteiger partial charge in [-0.2, -0.15) is 0 Å². The molecule has 1 atom stereocenters. The molecule has 1 fully saturated rings. The Bertz CT molecular complexity index is 153. The van der Waals surface area contributed by atoms with Crippen LogP contribution in [-0.2, 0) is 9.47 Å². The van der Waals surface area contributed by atoms with Gasteiger partial charge in [0.2, 0.25) is 0 Å². The summed E-state index contributed by atoms with van der Waals surface area (Å²) in [6.07, 6.45) is 0. The highest BCUT2D eigenvalue weighted by Gasteiger charge is 2.21. The first-order chi connectivity index (χ1) is 5.99. The lowest BCUT2D eigenvalue weighted by Crippen LogP contribution is -2.46. The summed E-state index contributed by atoms with van der Waals surface area (Å²) in [6.45, 7) is 9.66. The fourth-order valence-electron chi connectivity index (χ4n) is 1.26. The standard InChI is InChI=1S/C10H21NO2/c1-10(2,3)13-8-9-7-12-6-5-11(9)4/h9H,5-8H2,1-4H3/t9-/m1/s1. The van der Waals surface area contributed by atoms with Crippen molar-refractivity contribution in [2.45, 2.75) is 32.4 Å². The first-order valence-electron chi connectivity index (χ1n) is 4.91. The second kappa shape index (κ2) is 4.40. The van der Waals surface area contributed by atoms with Crippen molar-refractivity contribution in [1.29, 1.82) is 0 Å². The van der Waals surface area contributed by atoms with E-state index < -0.39 is 0 Å². The summed E-state index contributed by atoms with van der Waals surface area (Å²) in [4.78, 5) is 2.30. The molecule has 0 amide bonds. The number of hydrogen-bond donors (Lipinski definition) is 0. The predicted molar refractivity (Wildman–Crippen MR) is 52.9 cm³/mol. The van der Waals surface area contributed by atoms with Crippen LogP contribution in [0.1, 0.15) is 20.8 Å². The van der Waals surface area contributed by atoms with Crippen molar-refractivity contribution >= 4 is 0 Å². The topological polar surface area (TPSA) is 21.7 Å². The van der Waals surface area contributed by atoms with E-state index in [0.717, 1.165) is 26.4 Å². The summed E-state index contributed by atoms with van der Waals surface area (Å²) in [5.41, 5.74) is -0.0434. The van der Waals surface area contributed by atoms with Gasteiger partial charge in [0.15, 0.2) is 0 Å². The fraction of sp³-hybridized carbons (Fsp3) is 1.00. The molecular formula is C10H21NO2. The highest BCUT2D eigenvalue weighted by Crippen LogP contribution is 2.11. The number of nitrogens with zero attached hydrogens (tertiary/aromatic N) is 1. The lowest BCUT2D eigenvalue weighted by Gasteiger charge is -2.34. The molecule has 0 aromatic carbocycles. The molecule has 0 saturated carbocycles. The summed E-state index contributed by atoms with van der Waals surface area (Å²) in [6, 6.07) is 0.424. The SMILES string of the molecule is CN1CCOC[C@@H]1COC(C)(C)C. The molecule has 0 aliphatic carbocycles. The van der Waals surface area contributed by atoms with Crippen LogP contribution in [0.3, 0.4) is 0 Å². The van der Waals surface area contributed by atoms with E-state index >= 15 is 0 Å². The Kier molecular flexibility index (Phi) is 3.71. The van der Waals surface area contributed by atoms with Crippen LogP contribution in [0.15, 0.2) is 0 Å². The lowest BCUT2D eigenvalue weighted by atomic mass is 10.2. The molecule has 0 aromatic heterocycles. The van der Waals surface area contributed by atoms with Gasteiger partial charge in [-0.15, -0.1) is 0 Å². The van der Waals surface area contributed by atoms with Crippen LogP contribution < -0.4 is 0 Å². The minimum Gasteiger partial charge on any atom is -0.378 e. The van der Waals surface area contributed by atoms with Crippen LogP contribution >= 0.6 is 0 Å². The summed E-state index contributed by atoms with van der Waals surface area (Å²) in [5.74, 6) is 0. The number of morpholine rings is 1. The number of rotatable bonds is 2. The van der Waals surface area contributed by atoms with Crippen LogP contribution in [0.5, 0.6) is 0 Å². The highest BCUT2D eigenvalue weighted by atomic mass is 16.5. The molecule has 1 aliphatic heterocycles. The Hall–Kier alpha value is -0.120. The Morgan fingerprint density at radius 1 is 1.46 bits per heavy atom. The van der Waals surface area contributed by atoms with Crippen LogP contribution in [0.25, 0.3) is 0 Å². The molecule has 1 aliphatic rings. The molecule has 1 rings (SSSR count). The van der Waals surface area contributed by atoms with Crippen molar-refractivity contribution in [1.82, 2.24) is 4.90 Å². The van der Waals surface area contributed by atoms with Crippen molar-refractivity contribution in [2.24, 2.45) is 0 Å². The van der Waals surface area contributed by atoms with Crippen LogP contribution in [-0.4, -0.2) is 50.0 Å². The van der Waals surface area contributed by atoms with Crippen molar-refractivity contribution in [2.75, 3.05) is 33.4 Å². The molecule has 13 heavy (non-hydrogen) atoms. The van der Waals surface area contributed by atoms with Crippen molar-refractivity contribution in [3.05, 3.63) is 0 Å². The number of hydrogen-bond acceptors (Lipinski definition) is 3. The smallest absolute Gasteiger partial charge is 0.0651 e. The molecular weight excluding hydrogens is 166 g/mol. The Balaban J connectivity index is 2.27. The molecule has 3 nitrogen and oxygen atoms in total. The van der Waals surface area contributed by atoms with Gasteiger partial charge < -0.3 is 9.47 Å². The maximum Gasteiger partial charge on any atom is 0.0651 e. The number of ether oxygens (including phenoxy) is 2. The largest absolute Gasteiger partial charge is 0.378 e. The molecule has 0 N–H and O–H groups in total. The minimum atomic E-state index is -0.0434. The first kappa shape index (κ1) is 11.0. The van der Waals surface area contributed by atoms with E-state index in [0.29, 0.717) is 6.04 Å². The highest BCUT2D eigenvalue weighted by molar-refractivity contribution is 4.73. The minimum absolute atomic E-state index is 0.0434. The maximum atomic E-state index is 5.72. The van der Waals surface area contributed by atoms with Gasteiger partial charge >= 0.3 is 0 Å². The van der Waals surface area contributed by atoms with Crippen molar-refractivity contribution in [3.63, 3.8) is 0 Å². The van der Waals surface area contributed by atoms with E-state index in [2.05, 4.69) is 32.7 Å². The molecule has 3 heteroatoms. The third kappa shape index (κ3) is 4.07. The van der Waals surface area contributed by atoms with E-state index in [1.165, 1.54) is 0 Å². The average molecular weight is 187 g/mol. The van der Waals surface area contributed by atoms with Crippen LogP contribution in [0, 0.1) is 0 Å². The van der Waals surface area contributed by atoms with Gasteiger partial charge in [-0.1, -0.05) is 0 Å². The predicted octanol–water partition coefficient (Wildman–Crippen LogP) is 1.13. The van der Waals surface area contributed by atoms with Crippen LogP contribution in [0.2, 0.25) is 0 Å². The molecule has 0 bridgehead atoms. The molecule has 0 spiro atoms. The van der Waals surface area contributed by atoms with E-state index in [1.807, 2.05) is 0 Å². The first-order valence-corrected chi connectivity index (χ1v) is 4.91.